The maximum Gasteiger partial charge on any atom is 0.255 e. The molecule has 74 valence electrons. The van der Waals surface area contributed by atoms with Gasteiger partial charge in [0, 0.05) is 18.0 Å². The van der Waals surface area contributed by atoms with Crippen molar-refractivity contribution < 1.29 is 0 Å². The summed E-state index contributed by atoms with van der Waals surface area (Å²) in [4.78, 5) is 4.09. The average molecular weight is 206 g/mol. The Bertz CT molecular complexity index is 633. The Morgan fingerprint density at radius 1 is 1.06 bits per heavy atom. The highest BCUT2D eigenvalue weighted by Crippen LogP contribution is 2.15. The van der Waals surface area contributed by atoms with Gasteiger partial charge in [0.15, 0.2) is 5.82 Å². The lowest BCUT2D eigenvalue weighted by atomic mass is 10.0. The molecule has 0 aliphatic carbocycles. The minimum Gasteiger partial charge on any atom is -0.267 e. The van der Waals surface area contributed by atoms with Crippen LogP contribution in [0.4, 0.5) is 0 Å². The van der Waals surface area contributed by atoms with Gasteiger partial charge in [-0.15, -0.1) is 10.2 Å². The van der Waals surface area contributed by atoms with E-state index in [0.29, 0.717) is 11.2 Å². The molecule has 0 amide bonds. The summed E-state index contributed by atoms with van der Waals surface area (Å²) in [5.74, 6) is 1.29. The van der Waals surface area contributed by atoms with Gasteiger partial charge in [0.1, 0.15) is 7.85 Å². The summed E-state index contributed by atoms with van der Waals surface area (Å²) in [6.07, 6.45) is 3.34. The van der Waals surface area contributed by atoms with E-state index in [-0.39, 0.29) is 0 Å². The summed E-state index contributed by atoms with van der Waals surface area (Å²) < 4.78 is 1.78. The first-order valence-corrected chi connectivity index (χ1v) is 4.86. The quantitative estimate of drug-likeness (QED) is 0.547. The molecule has 3 rings (SSSR count). The van der Waals surface area contributed by atoms with Crippen molar-refractivity contribution >= 4 is 19.1 Å². The van der Waals surface area contributed by atoms with Crippen molar-refractivity contribution in [1.29, 1.82) is 0 Å². The van der Waals surface area contributed by atoms with E-state index in [1.807, 2.05) is 30.3 Å². The molecular weight excluding hydrogens is 199 g/mol. The number of benzene rings is 1. The van der Waals surface area contributed by atoms with Gasteiger partial charge in [0.2, 0.25) is 0 Å². The fraction of sp³-hybridized carbons (Fsp3) is 0. The number of nitrogens with zero attached hydrogens (tertiary/aromatic N) is 4. The predicted molar refractivity (Wildman–Crippen MR) is 61.6 cm³/mol. The van der Waals surface area contributed by atoms with Crippen molar-refractivity contribution in [2.24, 2.45) is 0 Å². The molecule has 0 N–H and O–H groups in total. The van der Waals surface area contributed by atoms with Crippen molar-refractivity contribution in [1.82, 2.24) is 19.6 Å². The molecule has 2 aromatic heterocycles. The third-order valence-corrected chi connectivity index (χ3v) is 2.32. The lowest BCUT2D eigenvalue weighted by molar-refractivity contribution is 1.10. The number of rotatable bonds is 1. The second-order valence-electron chi connectivity index (χ2n) is 3.45. The zero-order chi connectivity index (χ0) is 11.0. The third kappa shape index (κ3) is 1.37. The first-order chi connectivity index (χ1) is 7.84. The minimum atomic E-state index is 0.549. The van der Waals surface area contributed by atoms with Gasteiger partial charge in [-0.3, -0.25) is 4.40 Å². The molecule has 5 heteroatoms. The summed E-state index contributed by atoms with van der Waals surface area (Å²) in [6, 6.07) is 9.81. The molecule has 0 saturated carbocycles. The highest BCUT2D eigenvalue weighted by molar-refractivity contribution is 6.31. The zero-order valence-corrected chi connectivity index (χ0v) is 8.41. The van der Waals surface area contributed by atoms with E-state index in [9.17, 15) is 0 Å². The maximum atomic E-state index is 5.69. The molecule has 0 saturated heterocycles. The van der Waals surface area contributed by atoms with Crippen LogP contribution in [0.1, 0.15) is 0 Å². The van der Waals surface area contributed by atoms with Crippen LogP contribution in [-0.4, -0.2) is 27.4 Å². The molecule has 0 aliphatic heterocycles. The van der Waals surface area contributed by atoms with Crippen LogP contribution in [-0.2, 0) is 0 Å². The highest BCUT2D eigenvalue weighted by atomic mass is 15.3. The second-order valence-corrected chi connectivity index (χ2v) is 3.45. The molecule has 0 atom stereocenters. The van der Waals surface area contributed by atoms with Crippen LogP contribution in [0.3, 0.4) is 0 Å². The van der Waals surface area contributed by atoms with Crippen molar-refractivity contribution in [2.45, 2.75) is 0 Å². The van der Waals surface area contributed by atoms with Crippen LogP contribution < -0.4 is 5.46 Å². The van der Waals surface area contributed by atoms with Gasteiger partial charge in [-0.25, -0.2) is 4.98 Å². The highest BCUT2D eigenvalue weighted by Gasteiger charge is 2.07. The van der Waals surface area contributed by atoms with Gasteiger partial charge in [0.25, 0.3) is 5.78 Å². The topological polar surface area (TPSA) is 43.1 Å². The Hall–Kier alpha value is -2.17. The number of hydrogen-bond acceptors (Lipinski definition) is 3. The van der Waals surface area contributed by atoms with E-state index in [1.54, 1.807) is 16.8 Å². The number of hydrogen-bond donors (Lipinski definition) is 0. The molecular formula is C11H7BN4. The van der Waals surface area contributed by atoms with E-state index in [2.05, 4.69) is 15.2 Å². The Kier molecular flexibility index (Phi) is 1.96. The summed E-state index contributed by atoms with van der Waals surface area (Å²) >= 11 is 0. The van der Waals surface area contributed by atoms with Crippen LogP contribution in [0.5, 0.6) is 0 Å². The Labute approximate surface area is 93.4 Å². The fourth-order valence-electron chi connectivity index (χ4n) is 1.59. The summed E-state index contributed by atoms with van der Waals surface area (Å²) in [5, 5.41) is 8.08. The molecule has 2 radical (unpaired) electrons. The molecule has 0 unspecified atom stereocenters. The molecule has 1 aromatic carbocycles. The molecule has 2 heterocycles. The van der Waals surface area contributed by atoms with Gasteiger partial charge in [-0.05, 0) is 0 Å². The van der Waals surface area contributed by atoms with Gasteiger partial charge in [-0.2, -0.15) is 0 Å². The first-order valence-electron chi connectivity index (χ1n) is 4.86. The normalized spacial score (nSPS) is 10.8. The lowest BCUT2D eigenvalue weighted by Gasteiger charge is -1.99. The Morgan fingerprint density at radius 3 is 2.69 bits per heavy atom. The first kappa shape index (κ1) is 9.09. The number of aromatic nitrogens is 4. The smallest absolute Gasteiger partial charge is 0.255 e. The van der Waals surface area contributed by atoms with Crippen LogP contribution >= 0.6 is 0 Å². The van der Waals surface area contributed by atoms with E-state index >= 15 is 0 Å². The van der Waals surface area contributed by atoms with Crippen molar-refractivity contribution in [3.63, 3.8) is 0 Å². The molecule has 4 nitrogen and oxygen atoms in total. The van der Waals surface area contributed by atoms with Gasteiger partial charge in [0.05, 0.1) is 0 Å². The number of fused-ring (bicyclic) bond motifs is 1. The van der Waals surface area contributed by atoms with Crippen LogP contribution in [0.25, 0.3) is 17.2 Å². The van der Waals surface area contributed by atoms with Crippen LogP contribution in [0.2, 0.25) is 0 Å². The molecule has 0 bridgehead atoms. The largest absolute Gasteiger partial charge is 0.267 e. The SMILES string of the molecule is [B]c1cnc2nnc(-c3ccccc3)n2c1. The Balaban J connectivity index is 2.29. The molecule has 0 fully saturated rings. The van der Waals surface area contributed by atoms with E-state index < -0.39 is 0 Å². The van der Waals surface area contributed by atoms with Gasteiger partial charge < -0.3 is 0 Å². The second kappa shape index (κ2) is 3.45. The molecule has 0 spiro atoms. The van der Waals surface area contributed by atoms with E-state index in [1.165, 1.54) is 0 Å². The van der Waals surface area contributed by atoms with Crippen LogP contribution in [0, 0.1) is 0 Å². The summed E-state index contributed by atoms with van der Waals surface area (Å²) in [6.45, 7) is 0. The monoisotopic (exact) mass is 206 g/mol. The molecule has 3 aromatic rings. The fourth-order valence-corrected chi connectivity index (χ4v) is 1.59. The molecule has 0 aliphatic rings. The standard InChI is InChI=1S/C11H7BN4/c12-9-6-13-11-15-14-10(16(11)7-9)8-4-2-1-3-5-8/h1-7H. The van der Waals surface area contributed by atoms with Crippen molar-refractivity contribution in [2.75, 3.05) is 0 Å². The Morgan fingerprint density at radius 2 is 1.88 bits per heavy atom. The minimum absolute atomic E-state index is 0.549. The average Bonchev–Trinajstić information content (AvgIpc) is 2.73. The molecule has 16 heavy (non-hydrogen) atoms. The van der Waals surface area contributed by atoms with Crippen molar-refractivity contribution in [3.05, 3.63) is 42.7 Å². The zero-order valence-electron chi connectivity index (χ0n) is 8.41. The van der Waals surface area contributed by atoms with Crippen molar-refractivity contribution in [3.8, 4) is 11.4 Å². The lowest BCUT2D eigenvalue weighted by Crippen LogP contribution is -2.07. The maximum absolute atomic E-state index is 5.69. The van der Waals surface area contributed by atoms with E-state index in [0.717, 1.165) is 11.4 Å². The third-order valence-electron chi connectivity index (χ3n) is 2.32. The van der Waals surface area contributed by atoms with Crippen LogP contribution in [0.15, 0.2) is 42.7 Å². The summed E-state index contributed by atoms with van der Waals surface area (Å²) in [5.41, 5.74) is 1.58. The summed E-state index contributed by atoms with van der Waals surface area (Å²) in [7, 11) is 5.69. The van der Waals surface area contributed by atoms with Gasteiger partial charge in [-0.1, -0.05) is 35.8 Å². The van der Waals surface area contributed by atoms with E-state index in [4.69, 9.17) is 7.85 Å². The predicted octanol–water partition coefficient (Wildman–Crippen LogP) is 0.585. The van der Waals surface area contributed by atoms with Gasteiger partial charge >= 0.3 is 0 Å².